The average molecular weight is 362 g/mol. The molecule has 3 aliphatic rings. The van der Waals surface area contributed by atoms with Crippen LogP contribution in [0.4, 0.5) is 5.69 Å². The highest BCUT2D eigenvalue weighted by molar-refractivity contribution is 6.30. The molecule has 0 radical (unpaired) electrons. The number of rotatable bonds is 4. The number of amides is 1. The van der Waals surface area contributed by atoms with Crippen LogP contribution in [0.25, 0.3) is 0 Å². The van der Waals surface area contributed by atoms with Crippen molar-refractivity contribution in [3.63, 3.8) is 0 Å². The third-order valence-corrected chi connectivity index (χ3v) is 6.63. The smallest absolute Gasteiger partial charge is 0.228 e. The fourth-order valence-corrected chi connectivity index (χ4v) is 4.97. The van der Waals surface area contributed by atoms with Crippen LogP contribution in [-0.4, -0.2) is 61.5 Å². The minimum Gasteiger partial charge on any atom is -0.369 e. The zero-order valence-electron chi connectivity index (χ0n) is 14.9. The van der Waals surface area contributed by atoms with E-state index in [-0.39, 0.29) is 5.41 Å². The molecule has 2 heterocycles. The molecule has 4 rings (SSSR count). The number of piperazine rings is 1. The molecule has 1 amide bonds. The highest BCUT2D eigenvalue weighted by atomic mass is 35.5. The number of carbonyl (C=O) groups is 1. The van der Waals surface area contributed by atoms with Gasteiger partial charge in [0.05, 0.1) is 5.41 Å². The van der Waals surface area contributed by atoms with Gasteiger partial charge in [-0.25, -0.2) is 0 Å². The normalized spacial score (nSPS) is 23.8. The van der Waals surface area contributed by atoms with Gasteiger partial charge in [-0.2, -0.15) is 0 Å². The molecule has 5 heteroatoms. The van der Waals surface area contributed by atoms with Gasteiger partial charge in [0.1, 0.15) is 0 Å². The standard InChI is InChI=1S/C20H28ClN3O/c21-17-4-3-5-18(16-17)23-13-10-22(11-14-23)12-15-24-9-8-20(19(24)25)6-1-2-7-20/h3-5,16H,1-2,6-15H2. The van der Waals surface area contributed by atoms with Crippen LogP contribution >= 0.6 is 11.6 Å². The van der Waals surface area contributed by atoms with Gasteiger partial charge in [0.15, 0.2) is 0 Å². The summed E-state index contributed by atoms with van der Waals surface area (Å²) in [5, 5.41) is 0.799. The number of benzene rings is 1. The molecule has 0 bridgehead atoms. The Morgan fingerprint density at radius 1 is 0.960 bits per heavy atom. The fourth-order valence-electron chi connectivity index (χ4n) is 4.79. The van der Waals surface area contributed by atoms with Crippen molar-refractivity contribution >= 4 is 23.2 Å². The number of hydrogen-bond donors (Lipinski definition) is 0. The second-order valence-electron chi connectivity index (χ2n) is 7.84. The second-order valence-corrected chi connectivity index (χ2v) is 8.27. The molecule has 136 valence electrons. The van der Waals surface area contributed by atoms with Gasteiger partial charge in [-0.05, 0) is 37.5 Å². The van der Waals surface area contributed by atoms with E-state index in [1.807, 2.05) is 18.2 Å². The molecule has 1 spiro atoms. The van der Waals surface area contributed by atoms with E-state index < -0.39 is 0 Å². The number of anilines is 1. The zero-order chi connectivity index (χ0) is 17.3. The summed E-state index contributed by atoms with van der Waals surface area (Å²) in [7, 11) is 0. The minimum absolute atomic E-state index is 0.0330. The maximum atomic E-state index is 12.8. The van der Waals surface area contributed by atoms with E-state index in [2.05, 4.69) is 20.8 Å². The van der Waals surface area contributed by atoms with Crippen LogP contribution in [0.1, 0.15) is 32.1 Å². The van der Waals surface area contributed by atoms with E-state index in [1.54, 1.807) is 0 Å². The van der Waals surface area contributed by atoms with E-state index in [9.17, 15) is 4.79 Å². The fraction of sp³-hybridized carbons (Fsp3) is 0.650. The quantitative estimate of drug-likeness (QED) is 0.823. The zero-order valence-corrected chi connectivity index (χ0v) is 15.7. The number of hydrogen-bond acceptors (Lipinski definition) is 3. The second kappa shape index (κ2) is 7.16. The van der Waals surface area contributed by atoms with Crippen LogP contribution in [0, 0.1) is 5.41 Å². The summed E-state index contributed by atoms with van der Waals surface area (Å²) in [5.74, 6) is 0.447. The molecule has 25 heavy (non-hydrogen) atoms. The summed E-state index contributed by atoms with van der Waals surface area (Å²) < 4.78 is 0. The van der Waals surface area contributed by atoms with Crippen molar-refractivity contribution in [2.45, 2.75) is 32.1 Å². The monoisotopic (exact) mass is 361 g/mol. The Balaban J connectivity index is 1.25. The Morgan fingerprint density at radius 2 is 1.72 bits per heavy atom. The van der Waals surface area contributed by atoms with E-state index in [0.717, 1.165) is 70.1 Å². The summed E-state index contributed by atoms with van der Waals surface area (Å²) in [6.07, 6.45) is 5.83. The molecular formula is C20H28ClN3O. The van der Waals surface area contributed by atoms with Crippen molar-refractivity contribution in [3.05, 3.63) is 29.3 Å². The average Bonchev–Trinajstić information content (AvgIpc) is 3.23. The first kappa shape index (κ1) is 17.2. The molecule has 1 aliphatic carbocycles. The van der Waals surface area contributed by atoms with Crippen molar-refractivity contribution in [1.29, 1.82) is 0 Å². The first-order chi connectivity index (χ1) is 12.2. The van der Waals surface area contributed by atoms with Crippen molar-refractivity contribution in [2.75, 3.05) is 50.7 Å². The molecule has 1 aromatic rings. The summed E-state index contributed by atoms with van der Waals surface area (Å²) in [6.45, 7) is 7.04. The molecule has 0 unspecified atom stereocenters. The Kier molecular flexibility index (Phi) is 4.92. The number of halogens is 1. The van der Waals surface area contributed by atoms with Crippen molar-refractivity contribution in [1.82, 2.24) is 9.80 Å². The largest absolute Gasteiger partial charge is 0.369 e. The molecular weight excluding hydrogens is 334 g/mol. The predicted octanol–water partition coefficient (Wildman–Crippen LogP) is 3.25. The maximum Gasteiger partial charge on any atom is 0.228 e. The molecule has 3 fully saturated rings. The molecule has 1 saturated carbocycles. The van der Waals surface area contributed by atoms with Gasteiger partial charge < -0.3 is 9.80 Å². The van der Waals surface area contributed by atoms with Crippen molar-refractivity contribution in [3.8, 4) is 0 Å². The van der Waals surface area contributed by atoms with Crippen LogP contribution in [0.3, 0.4) is 0 Å². The molecule has 4 nitrogen and oxygen atoms in total. The predicted molar refractivity (Wildman–Crippen MR) is 102 cm³/mol. The molecule has 0 N–H and O–H groups in total. The van der Waals surface area contributed by atoms with Crippen molar-refractivity contribution in [2.24, 2.45) is 5.41 Å². The summed E-state index contributed by atoms with van der Waals surface area (Å²) in [5.41, 5.74) is 1.25. The highest BCUT2D eigenvalue weighted by Crippen LogP contribution is 2.46. The van der Waals surface area contributed by atoms with Gasteiger partial charge in [0.25, 0.3) is 0 Å². The van der Waals surface area contributed by atoms with Gasteiger partial charge >= 0.3 is 0 Å². The molecule has 0 atom stereocenters. The van der Waals surface area contributed by atoms with Crippen LogP contribution in [0.5, 0.6) is 0 Å². The van der Waals surface area contributed by atoms with Crippen LogP contribution in [0.15, 0.2) is 24.3 Å². The van der Waals surface area contributed by atoms with Crippen molar-refractivity contribution < 1.29 is 4.79 Å². The van der Waals surface area contributed by atoms with Gasteiger partial charge in [-0.1, -0.05) is 30.5 Å². The third kappa shape index (κ3) is 3.52. The Hall–Kier alpha value is -1.26. The topological polar surface area (TPSA) is 26.8 Å². The molecule has 2 aliphatic heterocycles. The number of nitrogens with zero attached hydrogens (tertiary/aromatic N) is 3. The Morgan fingerprint density at radius 3 is 2.44 bits per heavy atom. The lowest BCUT2D eigenvalue weighted by Crippen LogP contribution is -2.49. The number of carbonyl (C=O) groups excluding carboxylic acids is 1. The maximum absolute atomic E-state index is 12.8. The minimum atomic E-state index is 0.0330. The summed E-state index contributed by atoms with van der Waals surface area (Å²) in [6, 6.07) is 8.11. The summed E-state index contributed by atoms with van der Waals surface area (Å²) >= 11 is 6.11. The Bertz CT molecular complexity index is 621. The van der Waals surface area contributed by atoms with Crippen LogP contribution in [-0.2, 0) is 4.79 Å². The first-order valence-corrected chi connectivity index (χ1v) is 10.1. The SMILES string of the molecule is O=C1N(CCN2CCN(c3cccc(Cl)c3)CC2)CCC12CCCC2. The van der Waals surface area contributed by atoms with Gasteiger partial charge in [-0.3, -0.25) is 9.69 Å². The van der Waals surface area contributed by atoms with E-state index in [4.69, 9.17) is 11.6 Å². The third-order valence-electron chi connectivity index (χ3n) is 6.39. The van der Waals surface area contributed by atoms with E-state index in [0.29, 0.717) is 5.91 Å². The summed E-state index contributed by atoms with van der Waals surface area (Å²) in [4.78, 5) is 19.8. The molecule has 2 saturated heterocycles. The van der Waals surface area contributed by atoms with Gasteiger partial charge in [0, 0.05) is 56.5 Å². The lowest BCUT2D eigenvalue weighted by molar-refractivity contribution is -0.136. The lowest BCUT2D eigenvalue weighted by atomic mass is 9.85. The first-order valence-electron chi connectivity index (χ1n) is 9.69. The molecule has 1 aromatic carbocycles. The highest BCUT2D eigenvalue weighted by Gasteiger charge is 2.47. The van der Waals surface area contributed by atoms with Crippen LogP contribution < -0.4 is 4.90 Å². The van der Waals surface area contributed by atoms with E-state index in [1.165, 1.54) is 18.5 Å². The molecule has 0 aromatic heterocycles. The van der Waals surface area contributed by atoms with Gasteiger partial charge in [0.2, 0.25) is 5.91 Å². The number of likely N-dealkylation sites (tertiary alicyclic amines) is 1. The lowest BCUT2D eigenvalue weighted by Gasteiger charge is -2.37. The van der Waals surface area contributed by atoms with Crippen LogP contribution in [0.2, 0.25) is 5.02 Å². The Labute approximate surface area is 155 Å². The van der Waals surface area contributed by atoms with E-state index >= 15 is 0 Å². The van der Waals surface area contributed by atoms with Gasteiger partial charge in [-0.15, -0.1) is 0 Å².